The Labute approximate surface area is 210 Å². The van der Waals surface area contributed by atoms with Crippen molar-refractivity contribution >= 4 is 10.9 Å². The molecule has 0 amide bonds. The highest BCUT2D eigenvalue weighted by Gasteiger charge is 2.49. The fourth-order valence-corrected chi connectivity index (χ4v) is 5.33. The first kappa shape index (κ1) is 25.0. The van der Waals surface area contributed by atoms with Gasteiger partial charge in [-0.05, 0) is 62.9 Å². The summed E-state index contributed by atoms with van der Waals surface area (Å²) in [5.74, 6) is 0.0177. The van der Waals surface area contributed by atoms with E-state index in [-0.39, 0.29) is 31.6 Å². The highest BCUT2D eigenvalue weighted by molar-refractivity contribution is 5.85. The molecular weight excluding hydrogens is 467 g/mol. The zero-order valence-electron chi connectivity index (χ0n) is 20.9. The van der Waals surface area contributed by atoms with Crippen molar-refractivity contribution in [3.05, 3.63) is 59.0 Å². The van der Waals surface area contributed by atoms with E-state index in [1.54, 1.807) is 12.1 Å². The summed E-state index contributed by atoms with van der Waals surface area (Å²) in [5, 5.41) is 4.19. The number of aromatic nitrogens is 1. The van der Waals surface area contributed by atoms with E-state index in [0.717, 1.165) is 28.6 Å². The first-order chi connectivity index (χ1) is 17.5. The standard InChI is InChI=1S/C28H34F3N3O2/c1-18-16-20-19-6-3-4-7-21(19)33-26(20)27(34(18)17-28(31)10-11-28)24-22(35-2)8-9-23(25(24)30)36-15-14-32-13-5-12-29/h3-4,6-9,18,27,32-33H,5,10-17H2,1-2H3/t18-,27-/m1/s1. The van der Waals surface area contributed by atoms with Gasteiger partial charge in [-0.25, -0.2) is 8.78 Å². The van der Waals surface area contributed by atoms with Crippen LogP contribution in [0.15, 0.2) is 36.4 Å². The van der Waals surface area contributed by atoms with Gasteiger partial charge in [-0.1, -0.05) is 18.2 Å². The number of aromatic amines is 1. The summed E-state index contributed by atoms with van der Waals surface area (Å²) in [6, 6.07) is 10.8. The molecule has 5 rings (SSSR count). The highest BCUT2D eigenvalue weighted by atomic mass is 19.1. The minimum atomic E-state index is -1.24. The first-order valence-electron chi connectivity index (χ1n) is 12.8. The molecular formula is C28H34F3N3O2. The van der Waals surface area contributed by atoms with Crippen molar-refractivity contribution in [1.29, 1.82) is 0 Å². The van der Waals surface area contributed by atoms with E-state index in [1.165, 1.54) is 7.11 Å². The number of halogens is 3. The topological polar surface area (TPSA) is 49.5 Å². The van der Waals surface area contributed by atoms with Crippen molar-refractivity contribution < 1.29 is 22.6 Å². The van der Waals surface area contributed by atoms with E-state index in [2.05, 4.69) is 28.2 Å². The van der Waals surface area contributed by atoms with Gasteiger partial charge in [0.2, 0.25) is 0 Å². The zero-order valence-corrected chi connectivity index (χ0v) is 20.9. The molecule has 1 fully saturated rings. The van der Waals surface area contributed by atoms with Gasteiger partial charge in [-0.2, -0.15) is 0 Å². The summed E-state index contributed by atoms with van der Waals surface area (Å²) in [7, 11) is 1.52. The summed E-state index contributed by atoms with van der Waals surface area (Å²) < 4.78 is 55.1. The molecule has 3 aromatic rings. The molecule has 0 unspecified atom stereocenters. The van der Waals surface area contributed by atoms with Crippen LogP contribution in [0.5, 0.6) is 11.5 Å². The van der Waals surface area contributed by atoms with Crippen LogP contribution in [0.1, 0.15) is 49.0 Å². The van der Waals surface area contributed by atoms with Crippen LogP contribution < -0.4 is 14.8 Å². The average molecular weight is 502 g/mol. The van der Waals surface area contributed by atoms with Crippen LogP contribution >= 0.6 is 0 Å². The van der Waals surface area contributed by atoms with Gasteiger partial charge in [0.1, 0.15) is 18.0 Å². The predicted molar refractivity (Wildman–Crippen MR) is 135 cm³/mol. The Bertz CT molecular complexity index is 1210. The minimum absolute atomic E-state index is 0.00307. The van der Waals surface area contributed by atoms with Gasteiger partial charge >= 0.3 is 0 Å². The Morgan fingerprint density at radius 3 is 2.67 bits per heavy atom. The van der Waals surface area contributed by atoms with Gasteiger partial charge in [0.05, 0.1) is 25.4 Å². The van der Waals surface area contributed by atoms with Crippen molar-refractivity contribution in [2.45, 2.75) is 50.4 Å². The number of H-pyrrole nitrogens is 1. The van der Waals surface area contributed by atoms with Crippen molar-refractivity contribution in [1.82, 2.24) is 15.2 Å². The molecule has 0 spiro atoms. The molecule has 1 saturated carbocycles. The van der Waals surface area contributed by atoms with Crippen LogP contribution in [0.4, 0.5) is 13.2 Å². The molecule has 0 saturated heterocycles. The van der Waals surface area contributed by atoms with Crippen molar-refractivity contribution in [2.24, 2.45) is 0 Å². The van der Waals surface area contributed by atoms with Gasteiger partial charge in [0.25, 0.3) is 0 Å². The molecule has 8 heteroatoms. The van der Waals surface area contributed by atoms with Crippen LogP contribution in [-0.2, 0) is 6.42 Å². The Hall–Kier alpha value is -2.71. The lowest BCUT2D eigenvalue weighted by Gasteiger charge is -2.42. The lowest BCUT2D eigenvalue weighted by Crippen LogP contribution is -2.46. The number of para-hydroxylation sites is 1. The monoisotopic (exact) mass is 501 g/mol. The van der Waals surface area contributed by atoms with E-state index >= 15 is 8.78 Å². The second-order valence-electron chi connectivity index (χ2n) is 9.98. The summed E-state index contributed by atoms with van der Waals surface area (Å²) in [6.45, 7) is 3.20. The molecule has 0 bridgehead atoms. The normalized spacial score (nSPS) is 20.9. The van der Waals surface area contributed by atoms with Crippen LogP contribution in [0.25, 0.3) is 10.9 Å². The quantitative estimate of drug-likeness (QED) is 0.342. The Balaban J connectivity index is 1.55. The molecule has 5 nitrogen and oxygen atoms in total. The van der Waals surface area contributed by atoms with Crippen LogP contribution in [0.3, 0.4) is 0 Å². The summed E-state index contributed by atoms with van der Waals surface area (Å²) >= 11 is 0. The number of ether oxygens (including phenoxy) is 2. The van der Waals surface area contributed by atoms with Crippen molar-refractivity contribution in [3.63, 3.8) is 0 Å². The predicted octanol–water partition coefficient (Wildman–Crippen LogP) is 5.48. The number of nitrogens with one attached hydrogen (secondary N) is 2. The minimum Gasteiger partial charge on any atom is -0.496 e. The summed E-state index contributed by atoms with van der Waals surface area (Å²) in [4.78, 5) is 5.60. The number of rotatable bonds is 11. The number of nitrogens with zero attached hydrogens (tertiary/aromatic N) is 1. The molecule has 0 radical (unpaired) electrons. The molecule has 1 aliphatic carbocycles. The molecule has 2 atom stereocenters. The lowest BCUT2D eigenvalue weighted by atomic mass is 9.87. The number of methoxy groups -OCH3 is 1. The zero-order chi connectivity index (χ0) is 25.3. The van der Waals surface area contributed by atoms with E-state index in [4.69, 9.17) is 9.47 Å². The van der Waals surface area contributed by atoms with E-state index < -0.39 is 17.5 Å². The Kier molecular flexibility index (Phi) is 7.17. The van der Waals surface area contributed by atoms with Crippen LogP contribution in [0, 0.1) is 5.82 Å². The molecule has 2 N–H and O–H groups in total. The fraction of sp³-hybridized carbons (Fsp3) is 0.500. The number of alkyl halides is 2. The molecule has 194 valence electrons. The van der Waals surface area contributed by atoms with Crippen LogP contribution in [-0.4, -0.2) is 61.6 Å². The smallest absolute Gasteiger partial charge is 0.173 e. The number of benzene rings is 2. The van der Waals surface area contributed by atoms with Gasteiger partial charge in [0.15, 0.2) is 11.6 Å². The fourth-order valence-electron chi connectivity index (χ4n) is 5.33. The molecule has 1 aliphatic heterocycles. The third kappa shape index (κ3) is 4.81. The average Bonchev–Trinajstić information content (AvgIpc) is 3.50. The summed E-state index contributed by atoms with van der Waals surface area (Å²) in [5.41, 5.74) is 2.10. The SMILES string of the molecule is COc1ccc(OCCNCCCF)c(F)c1[C@@H]1c2[nH]c3ccccc3c2C[C@@H](C)N1CC1(F)CC1. The highest BCUT2D eigenvalue weighted by Crippen LogP contribution is 2.49. The van der Waals surface area contributed by atoms with Gasteiger partial charge in [-0.3, -0.25) is 9.29 Å². The van der Waals surface area contributed by atoms with Crippen molar-refractivity contribution in [2.75, 3.05) is 40.0 Å². The second-order valence-corrected chi connectivity index (χ2v) is 9.98. The Morgan fingerprint density at radius 1 is 1.14 bits per heavy atom. The first-order valence-corrected chi connectivity index (χ1v) is 12.8. The summed E-state index contributed by atoms with van der Waals surface area (Å²) in [6.07, 6.45) is 2.23. The molecule has 1 aromatic heterocycles. The maximum absolute atomic E-state index is 16.2. The molecule has 2 heterocycles. The van der Waals surface area contributed by atoms with E-state index in [1.807, 2.05) is 18.2 Å². The molecule has 36 heavy (non-hydrogen) atoms. The van der Waals surface area contributed by atoms with E-state index in [0.29, 0.717) is 43.7 Å². The number of fused-ring (bicyclic) bond motifs is 3. The second kappa shape index (κ2) is 10.3. The van der Waals surface area contributed by atoms with Gasteiger partial charge in [-0.15, -0.1) is 0 Å². The Morgan fingerprint density at radius 2 is 1.92 bits per heavy atom. The third-order valence-corrected chi connectivity index (χ3v) is 7.40. The van der Waals surface area contributed by atoms with Gasteiger partial charge < -0.3 is 19.8 Å². The third-order valence-electron chi connectivity index (χ3n) is 7.40. The molecule has 2 aliphatic rings. The van der Waals surface area contributed by atoms with Gasteiger partial charge in [0, 0.05) is 35.7 Å². The van der Waals surface area contributed by atoms with Crippen LogP contribution in [0.2, 0.25) is 0 Å². The maximum atomic E-state index is 16.2. The largest absolute Gasteiger partial charge is 0.496 e. The lowest BCUT2D eigenvalue weighted by molar-refractivity contribution is 0.0936. The number of hydrogen-bond donors (Lipinski definition) is 2. The van der Waals surface area contributed by atoms with E-state index in [9.17, 15) is 4.39 Å². The van der Waals surface area contributed by atoms with Crippen molar-refractivity contribution in [3.8, 4) is 11.5 Å². The number of hydrogen-bond acceptors (Lipinski definition) is 4. The molecule has 2 aromatic carbocycles. The maximum Gasteiger partial charge on any atom is 0.173 e.